The normalized spacial score (nSPS) is 12.9. The minimum absolute atomic E-state index is 1.07. The maximum atomic E-state index is 3.71. The van der Waals surface area contributed by atoms with Gasteiger partial charge in [0.25, 0.3) is 0 Å². The molecule has 0 aliphatic rings. The van der Waals surface area contributed by atoms with Crippen molar-refractivity contribution in [1.29, 1.82) is 0 Å². The van der Waals surface area contributed by atoms with E-state index in [1.165, 1.54) is 111 Å². The average molecular weight is 470 g/mol. The molecule has 1 N–H and O–H groups in total. The summed E-state index contributed by atoms with van der Waals surface area (Å²) >= 11 is 1.93. The number of nitrogens with one attached hydrogen (secondary N) is 1. The van der Waals surface area contributed by atoms with E-state index in [0.29, 0.717) is 0 Å². The fraction of sp³-hybridized carbons (Fsp3) is 0.212. The molecule has 0 atom stereocenters. The number of unbranched alkanes of at least 4 members (excludes halogenated alkanes) is 3. The van der Waals surface area contributed by atoms with Crippen molar-refractivity contribution in [3.05, 3.63) is 66.2 Å². The third kappa shape index (κ3) is 2.58. The Morgan fingerprint density at radius 1 is 0.600 bits per heavy atom. The highest BCUT2D eigenvalue weighted by molar-refractivity contribution is 7.24. The van der Waals surface area contributed by atoms with Crippen molar-refractivity contribution < 1.29 is 0 Å². The summed E-state index contributed by atoms with van der Waals surface area (Å²) in [5.41, 5.74) is 1.33. The van der Waals surface area contributed by atoms with Crippen LogP contribution in [0.15, 0.2) is 60.7 Å². The Balaban J connectivity index is 1.41. The lowest BCUT2D eigenvalue weighted by molar-refractivity contribution is 0.685. The molecule has 0 amide bonds. The van der Waals surface area contributed by atoms with Gasteiger partial charge in [-0.2, -0.15) is 0 Å². The van der Waals surface area contributed by atoms with Gasteiger partial charge in [-0.3, -0.25) is 0 Å². The fourth-order valence-electron chi connectivity index (χ4n) is 6.63. The first kappa shape index (κ1) is 19.9. The Kier molecular flexibility index (Phi) is 4.03. The number of benzene rings is 5. The number of anilines is 1. The minimum atomic E-state index is 1.07. The van der Waals surface area contributed by atoms with Gasteiger partial charge in [-0.25, -0.2) is 0 Å². The van der Waals surface area contributed by atoms with Gasteiger partial charge in [-0.1, -0.05) is 74.2 Å². The van der Waals surface area contributed by atoms with E-state index in [0.717, 1.165) is 6.54 Å². The highest BCUT2D eigenvalue weighted by Crippen LogP contribution is 2.51. The number of fused-ring (bicyclic) bond motifs is 6. The van der Waals surface area contributed by atoms with Crippen molar-refractivity contribution in [3.8, 4) is 0 Å². The van der Waals surface area contributed by atoms with Gasteiger partial charge in [0.1, 0.15) is 0 Å². The van der Waals surface area contributed by atoms with E-state index in [1.807, 2.05) is 11.3 Å². The zero-order valence-corrected chi connectivity index (χ0v) is 21.0. The minimum Gasteiger partial charge on any atom is -0.377 e. The van der Waals surface area contributed by atoms with Gasteiger partial charge < -0.3 is 5.32 Å². The highest BCUT2D eigenvalue weighted by Gasteiger charge is 2.22. The zero-order chi connectivity index (χ0) is 23.3. The number of aryl methyl sites for hydroxylation is 1. The number of hydrogen-bond acceptors (Lipinski definition) is 2. The van der Waals surface area contributed by atoms with Crippen LogP contribution in [0, 0.1) is 6.92 Å². The van der Waals surface area contributed by atoms with Gasteiger partial charge in [0.05, 0.1) is 5.00 Å². The van der Waals surface area contributed by atoms with Gasteiger partial charge >= 0.3 is 0 Å². The lowest BCUT2D eigenvalue weighted by Crippen LogP contribution is -1.99. The summed E-state index contributed by atoms with van der Waals surface area (Å²) < 4.78 is 1.43. The molecular weight excluding hydrogens is 442 g/mol. The Labute approximate surface area is 208 Å². The second-order valence-electron chi connectivity index (χ2n) is 10.4. The third-order valence-corrected chi connectivity index (χ3v) is 9.34. The quantitative estimate of drug-likeness (QED) is 0.189. The summed E-state index contributed by atoms with van der Waals surface area (Å²) in [7, 11) is 0. The molecule has 1 nitrogen and oxygen atoms in total. The van der Waals surface area contributed by atoms with Crippen LogP contribution >= 0.6 is 11.3 Å². The van der Waals surface area contributed by atoms with Crippen LogP contribution in [0.25, 0.3) is 74.7 Å². The van der Waals surface area contributed by atoms with Crippen molar-refractivity contribution in [2.45, 2.75) is 39.5 Å². The molecule has 0 saturated carbocycles. The molecule has 170 valence electrons. The van der Waals surface area contributed by atoms with Gasteiger partial charge in [0, 0.05) is 22.0 Å². The Morgan fingerprint density at radius 3 is 2.11 bits per heavy atom. The summed E-state index contributed by atoms with van der Waals surface area (Å²) in [5.74, 6) is 0. The van der Waals surface area contributed by atoms with Crippen LogP contribution in [0.1, 0.15) is 38.2 Å². The second kappa shape index (κ2) is 7.08. The van der Waals surface area contributed by atoms with E-state index < -0.39 is 0 Å². The Morgan fingerprint density at radius 2 is 1.31 bits per heavy atom. The van der Waals surface area contributed by atoms with E-state index in [4.69, 9.17) is 0 Å². The molecule has 0 radical (unpaired) electrons. The first-order valence-electron chi connectivity index (χ1n) is 13.0. The molecule has 2 heteroatoms. The van der Waals surface area contributed by atoms with Crippen LogP contribution in [0.3, 0.4) is 0 Å². The topological polar surface area (TPSA) is 12.0 Å². The third-order valence-electron chi connectivity index (χ3n) is 8.22. The Bertz CT molecular complexity index is 2030. The molecule has 35 heavy (non-hydrogen) atoms. The lowest BCUT2D eigenvalue weighted by Gasteiger charge is -2.12. The number of rotatable bonds is 6. The van der Waals surface area contributed by atoms with E-state index in [1.54, 1.807) is 0 Å². The number of thiophene rings is 1. The van der Waals surface area contributed by atoms with E-state index in [2.05, 4.69) is 79.8 Å². The molecule has 0 aliphatic carbocycles. The molecule has 0 saturated heterocycles. The fourth-order valence-corrected chi connectivity index (χ4v) is 7.75. The summed E-state index contributed by atoms with van der Waals surface area (Å²) in [6.45, 7) is 5.54. The molecule has 0 spiro atoms. The lowest BCUT2D eigenvalue weighted by atomic mass is 9.90. The van der Waals surface area contributed by atoms with Gasteiger partial charge in [-0.15, -0.1) is 11.3 Å². The van der Waals surface area contributed by atoms with Crippen LogP contribution in [0.2, 0.25) is 0 Å². The molecule has 0 aliphatic heterocycles. The Hall–Kier alpha value is -3.36. The van der Waals surface area contributed by atoms with Gasteiger partial charge in [0.15, 0.2) is 0 Å². The summed E-state index contributed by atoms with van der Waals surface area (Å²) in [6, 6.07) is 23.7. The molecule has 1 heterocycles. The molecule has 0 fully saturated rings. The van der Waals surface area contributed by atoms with Crippen molar-refractivity contribution in [3.63, 3.8) is 0 Å². The predicted molar refractivity (Wildman–Crippen MR) is 158 cm³/mol. The van der Waals surface area contributed by atoms with Crippen LogP contribution in [-0.2, 0) is 0 Å². The average Bonchev–Trinajstić information content (AvgIpc) is 3.51. The molecule has 0 unspecified atom stereocenters. The maximum Gasteiger partial charge on any atom is 0.0895 e. The maximum absolute atomic E-state index is 3.71. The van der Waals surface area contributed by atoms with Crippen molar-refractivity contribution in [2.24, 2.45) is 0 Å². The second-order valence-corrected chi connectivity index (χ2v) is 11.5. The first-order chi connectivity index (χ1) is 17.2. The molecular formula is C33H27NS. The SMILES string of the molecule is CCCCCCNc1cc2c3ccc4cc5c6cc(C)ccc6c6ccc7cc(c2s1)c3c4c7c65. The summed E-state index contributed by atoms with van der Waals surface area (Å²) in [5, 5.41) is 23.4. The van der Waals surface area contributed by atoms with Crippen molar-refractivity contribution >= 4 is 91.1 Å². The van der Waals surface area contributed by atoms with Crippen LogP contribution in [0.5, 0.6) is 0 Å². The molecule has 1 aromatic heterocycles. The van der Waals surface area contributed by atoms with Crippen LogP contribution in [-0.4, -0.2) is 6.54 Å². The number of hydrogen-bond donors (Lipinski definition) is 1. The highest BCUT2D eigenvalue weighted by atomic mass is 32.1. The van der Waals surface area contributed by atoms with Crippen LogP contribution in [0.4, 0.5) is 5.00 Å². The molecule has 8 rings (SSSR count). The smallest absolute Gasteiger partial charge is 0.0895 e. The van der Waals surface area contributed by atoms with Crippen LogP contribution < -0.4 is 5.32 Å². The van der Waals surface area contributed by atoms with Gasteiger partial charge in [-0.05, 0) is 90.8 Å². The standard InChI is InChI=1S/C33H27NS/c1-3-4-5-6-13-34-28-17-26-23-12-9-19-15-25-24-14-18(2)7-10-21(24)22-11-8-20-16-27(33(26)35-28)32(23)30(19)29(20)31(22)25/h7-12,14-17,34H,3-6,13H2,1-2H3. The largest absolute Gasteiger partial charge is 0.377 e. The monoisotopic (exact) mass is 469 g/mol. The van der Waals surface area contributed by atoms with E-state index >= 15 is 0 Å². The summed E-state index contributed by atoms with van der Waals surface area (Å²) in [6.07, 6.45) is 5.18. The molecule has 0 bridgehead atoms. The first-order valence-corrected chi connectivity index (χ1v) is 13.8. The predicted octanol–water partition coefficient (Wildman–Crippen LogP) is 10.4. The molecule has 8 aromatic rings. The summed E-state index contributed by atoms with van der Waals surface area (Å²) in [4.78, 5) is 0. The zero-order valence-electron chi connectivity index (χ0n) is 20.2. The van der Waals surface area contributed by atoms with Crippen molar-refractivity contribution in [1.82, 2.24) is 0 Å². The molecule has 7 aromatic carbocycles. The van der Waals surface area contributed by atoms with E-state index in [9.17, 15) is 0 Å². The van der Waals surface area contributed by atoms with Gasteiger partial charge in [0.2, 0.25) is 0 Å². The van der Waals surface area contributed by atoms with E-state index in [-0.39, 0.29) is 0 Å². The van der Waals surface area contributed by atoms with Crippen molar-refractivity contribution in [2.75, 3.05) is 11.9 Å².